The summed E-state index contributed by atoms with van der Waals surface area (Å²) in [6.07, 6.45) is 3.16. The van der Waals surface area contributed by atoms with Crippen LogP contribution in [0.4, 0.5) is 4.79 Å². The van der Waals surface area contributed by atoms with Crippen molar-refractivity contribution in [2.75, 3.05) is 0 Å². The molecule has 0 radical (unpaired) electrons. The van der Waals surface area contributed by atoms with E-state index in [1.54, 1.807) is 11.0 Å². The normalized spacial score (nSPS) is 12.3. The van der Waals surface area contributed by atoms with Crippen LogP contribution < -0.4 is 10.6 Å². The van der Waals surface area contributed by atoms with E-state index in [0.717, 1.165) is 10.9 Å². The predicted octanol–water partition coefficient (Wildman–Crippen LogP) is 2.96. The Kier molecular flexibility index (Phi) is 5.28. The number of nitrogens with one attached hydrogen (secondary N) is 2. The van der Waals surface area contributed by atoms with Crippen LogP contribution in [-0.2, 0) is 13.1 Å². The lowest BCUT2D eigenvalue weighted by Gasteiger charge is -2.22. The number of hydrogen-bond donors (Lipinski definition) is 2. The molecule has 0 saturated heterocycles. The average Bonchev–Trinajstić information content (AvgIpc) is 3.12. The molecule has 0 fully saturated rings. The van der Waals surface area contributed by atoms with E-state index >= 15 is 0 Å². The van der Waals surface area contributed by atoms with Crippen molar-refractivity contribution in [1.29, 1.82) is 0 Å². The Morgan fingerprint density at radius 1 is 1.16 bits per heavy atom. The van der Waals surface area contributed by atoms with E-state index in [9.17, 15) is 4.79 Å². The molecule has 2 aromatic carbocycles. The maximum Gasteiger partial charge on any atom is 0.315 e. The molecule has 1 unspecified atom stereocenters. The quantitative estimate of drug-likeness (QED) is 0.726. The second-order valence-corrected chi connectivity index (χ2v) is 6.43. The molecule has 2 amide bonds. The number of carbonyl (C=O) groups excluding carboxylic acids is 1. The van der Waals surface area contributed by atoms with Crippen LogP contribution >= 0.6 is 0 Å². The van der Waals surface area contributed by atoms with Gasteiger partial charge < -0.3 is 10.6 Å². The van der Waals surface area contributed by atoms with E-state index < -0.39 is 0 Å². The summed E-state index contributed by atoms with van der Waals surface area (Å²) < 4.78 is 1.73. The van der Waals surface area contributed by atoms with Crippen molar-refractivity contribution in [3.8, 4) is 0 Å². The molecule has 2 N–H and O–H groups in total. The summed E-state index contributed by atoms with van der Waals surface area (Å²) in [4.78, 5) is 16.3. The fourth-order valence-corrected chi connectivity index (χ4v) is 2.79. The molecule has 6 nitrogen and oxygen atoms in total. The first-order valence-electron chi connectivity index (χ1n) is 8.47. The molecule has 1 heterocycles. The van der Waals surface area contributed by atoms with E-state index in [0.29, 0.717) is 13.1 Å². The third-order valence-electron chi connectivity index (χ3n) is 4.29. The maximum atomic E-state index is 12.3. The molecule has 25 heavy (non-hydrogen) atoms. The molecule has 130 valence electrons. The first kappa shape index (κ1) is 17.0. The third-order valence-corrected chi connectivity index (χ3v) is 4.29. The van der Waals surface area contributed by atoms with Crippen molar-refractivity contribution >= 4 is 16.8 Å². The lowest BCUT2D eigenvalue weighted by atomic mass is 10.0. The molecular weight excluding hydrogens is 314 g/mol. The molecule has 0 aliphatic heterocycles. The number of nitrogens with zero attached hydrogens (tertiary/aromatic N) is 3. The molecule has 3 aromatic rings. The van der Waals surface area contributed by atoms with Crippen LogP contribution in [0.15, 0.2) is 55.1 Å². The molecular formula is C19H23N5O. The van der Waals surface area contributed by atoms with Crippen molar-refractivity contribution < 1.29 is 4.79 Å². The summed E-state index contributed by atoms with van der Waals surface area (Å²) in [7, 11) is 0. The molecule has 3 rings (SSSR count). The highest BCUT2D eigenvalue weighted by atomic mass is 16.2. The van der Waals surface area contributed by atoms with Gasteiger partial charge in [-0.05, 0) is 22.3 Å². The number of hydrogen-bond acceptors (Lipinski definition) is 3. The fourth-order valence-electron chi connectivity index (χ4n) is 2.79. The van der Waals surface area contributed by atoms with Gasteiger partial charge in [0.1, 0.15) is 12.7 Å². The van der Waals surface area contributed by atoms with Gasteiger partial charge in [-0.1, -0.05) is 56.3 Å². The Balaban J connectivity index is 1.61. The number of amides is 2. The zero-order chi connectivity index (χ0) is 17.6. The van der Waals surface area contributed by atoms with E-state index in [1.165, 1.54) is 11.7 Å². The Morgan fingerprint density at radius 3 is 2.72 bits per heavy atom. The number of aromatic nitrogens is 3. The van der Waals surface area contributed by atoms with Crippen LogP contribution in [-0.4, -0.2) is 26.8 Å². The summed E-state index contributed by atoms with van der Waals surface area (Å²) in [6.45, 7) is 5.24. The third kappa shape index (κ3) is 4.35. The lowest BCUT2D eigenvalue weighted by molar-refractivity contribution is 0.229. The zero-order valence-electron chi connectivity index (χ0n) is 14.5. The van der Waals surface area contributed by atoms with Crippen LogP contribution in [0.1, 0.15) is 19.4 Å². The molecule has 0 bridgehead atoms. The predicted molar refractivity (Wildman–Crippen MR) is 98.0 cm³/mol. The molecule has 1 aromatic heterocycles. The van der Waals surface area contributed by atoms with Crippen molar-refractivity contribution in [1.82, 2.24) is 25.4 Å². The van der Waals surface area contributed by atoms with Gasteiger partial charge in [0.15, 0.2) is 0 Å². The first-order valence-corrected chi connectivity index (χ1v) is 8.47. The standard InChI is InChI=1S/C19H23N5O/c1-14(2)18(11-24-13-20-12-22-24)23-19(25)21-10-16-8-5-7-15-6-3-4-9-17(15)16/h3-9,12-14,18H,10-11H2,1-2H3,(H2,21,23,25). The van der Waals surface area contributed by atoms with E-state index in [1.807, 2.05) is 24.3 Å². The monoisotopic (exact) mass is 337 g/mol. The average molecular weight is 337 g/mol. The van der Waals surface area contributed by atoms with E-state index in [4.69, 9.17) is 0 Å². The van der Waals surface area contributed by atoms with Crippen LogP contribution in [0.5, 0.6) is 0 Å². The summed E-state index contributed by atoms with van der Waals surface area (Å²) in [5.41, 5.74) is 1.10. The Hall–Kier alpha value is -2.89. The van der Waals surface area contributed by atoms with Gasteiger partial charge in [0.2, 0.25) is 0 Å². The first-order chi connectivity index (χ1) is 12.1. The van der Waals surface area contributed by atoms with Crippen LogP contribution in [0.3, 0.4) is 0 Å². The van der Waals surface area contributed by atoms with Crippen molar-refractivity contribution in [3.05, 3.63) is 60.7 Å². The highest BCUT2D eigenvalue weighted by Crippen LogP contribution is 2.18. The van der Waals surface area contributed by atoms with Crippen LogP contribution in [0, 0.1) is 5.92 Å². The smallest absolute Gasteiger partial charge is 0.315 e. The molecule has 6 heteroatoms. The van der Waals surface area contributed by atoms with Gasteiger partial charge in [0, 0.05) is 6.54 Å². The van der Waals surface area contributed by atoms with Gasteiger partial charge in [-0.2, -0.15) is 5.10 Å². The maximum absolute atomic E-state index is 12.3. The SMILES string of the molecule is CC(C)C(Cn1cncn1)NC(=O)NCc1cccc2ccccc12. The summed E-state index contributed by atoms with van der Waals surface area (Å²) in [6, 6.07) is 14.1. The summed E-state index contributed by atoms with van der Waals surface area (Å²) in [5.74, 6) is 0.285. The van der Waals surface area contributed by atoms with Gasteiger partial charge >= 0.3 is 6.03 Å². The molecule has 0 saturated carbocycles. The highest BCUT2D eigenvalue weighted by molar-refractivity contribution is 5.86. The zero-order valence-corrected chi connectivity index (χ0v) is 14.5. The summed E-state index contributed by atoms with van der Waals surface area (Å²) in [5, 5.41) is 12.4. The van der Waals surface area contributed by atoms with Crippen LogP contribution in [0.25, 0.3) is 10.8 Å². The van der Waals surface area contributed by atoms with Gasteiger partial charge in [0.25, 0.3) is 0 Å². The second kappa shape index (κ2) is 7.79. The van der Waals surface area contributed by atoms with Gasteiger partial charge in [-0.15, -0.1) is 0 Å². The molecule has 0 aliphatic rings. The Labute approximate surface area is 147 Å². The minimum Gasteiger partial charge on any atom is -0.334 e. The van der Waals surface area contributed by atoms with Crippen molar-refractivity contribution in [3.63, 3.8) is 0 Å². The summed E-state index contributed by atoms with van der Waals surface area (Å²) >= 11 is 0. The van der Waals surface area contributed by atoms with Crippen molar-refractivity contribution in [2.24, 2.45) is 5.92 Å². The second-order valence-electron chi connectivity index (χ2n) is 6.43. The van der Waals surface area contributed by atoms with Crippen molar-refractivity contribution in [2.45, 2.75) is 33.0 Å². The van der Waals surface area contributed by atoms with Gasteiger partial charge in [0.05, 0.1) is 12.6 Å². The minimum absolute atomic E-state index is 0.0192. The number of urea groups is 1. The molecule has 0 aliphatic carbocycles. The van der Waals surface area contributed by atoms with Gasteiger partial charge in [-0.3, -0.25) is 4.68 Å². The molecule has 0 spiro atoms. The lowest BCUT2D eigenvalue weighted by Crippen LogP contribution is -2.46. The Bertz CT molecular complexity index is 823. The molecule has 1 atom stereocenters. The van der Waals surface area contributed by atoms with E-state index in [-0.39, 0.29) is 18.0 Å². The fraction of sp³-hybridized carbons (Fsp3) is 0.316. The number of rotatable bonds is 6. The van der Waals surface area contributed by atoms with E-state index in [2.05, 4.69) is 52.8 Å². The van der Waals surface area contributed by atoms with Crippen LogP contribution in [0.2, 0.25) is 0 Å². The number of fused-ring (bicyclic) bond motifs is 1. The topological polar surface area (TPSA) is 71.8 Å². The largest absolute Gasteiger partial charge is 0.334 e. The Morgan fingerprint density at radius 2 is 1.96 bits per heavy atom. The van der Waals surface area contributed by atoms with Gasteiger partial charge in [-0.25, -0.2) is 9.78 Å². The number of benzene rings is 2. The highest BCUT2D eigenvalue weighted by Gasteiger charge is 2.17. The number of carbonyl (C=O) groups is 1. The minimum atomic E-state index is -0.174.